The molecule has 1 aliphatic heterocycles. The van der Waals surface area contributed by atoms with Crippen molar-refractivity contribution in [3.63, 3.8) is 0 Å². The van der Waals surface area contributed by atoms with Gasteiger partial charge in [0.1, 0.15) is 10.6 Å². The Bertz CT molecular complexity index is 1520. The third kappa shape index (κ3) is 5.86. The van der Waals surface area contributed by atoms with Crippen LogP contribution in [-0.4, -0.2) is 53.6 Å². The lowest BCUT2D eigenvalue weighted by Gasteiger charge is -2.26. The number of amides is 1. The van der Waals surface area contributed by atoms with Crippen LogP contribution in [-0.2, 0) is 11.3 Å². The summed E-state index contributed by atoms with van der Waals surface area (Å²) in [6.07, 6.45) is 0.943. The number of primary amides is 1. The van der Waals surface area contributed by atoms with E-state index in [9.17, 15) is 4.79 Å². The SMILES string of the molecule is CCCNc1c(C(N)=O)sc2ccc3nc(-c4cc(C#CSI)nc(CN5CCOCC5)c4)ccc3c12. The Morgan fingerprint density at radius 3 is 2.84 bits per heavy atom. The number of carbonyl (C=O) groups excluding carboxylic acids is 1. The van der Waals surface area contributed by atoms with Crippen molar-refractivity contribution in [1.82, 2.24) is 14.9 Å². The van der Waals surface area contributed by atoms with Gasteiger partial charge in [-0.1, -0.05) is 6.92 Å². The number of hydrogen-bond acceptors (Lipinski definition) is 8. The highest BCUT2D eigenvalue weighted by atomic mass is 127. The number of nitrogens with zero attached hydrogens (tertiary/aromatic N) is 3. The molecular weight excluding hydrogens is 617 g/mol. The topological polar surface area (TPSA) is 93.4 Å². The van der Waals surface area contributed by atoms with E-state index in [0.717, 1.165) is 95.1 Å². The van der Waals surface area contributed by atoms with Gasteiger partial charge < -0.3 is 15.8 Å². The van der Waals surface area contributed by atoms with Crippen LogP contribution in [0.2, 0.25) is 0 Å². The smallest absolute Gasteiger partial charge is 0.260 e. The molecule has 37 heavy (non-hydrogen) atoms. The second kappa shape index (κ2) is 12.0. The summed E-state index contributed by atoms with van der Waals surface area (Å²) < 4.78 is 6.51. The standard InChI is InChI=1S/C27H26IN5O2S2/c1-2-8-30-25-24-20-3-4-21(32-22(20)5-6-23(24)37-26(25)27(29)34)17-14-18(7-13-36-28)31-19(15-17)16-33-9-11-35-12-10-33/h3-6,14-15,30H,2,8-12,16H2,1H3,(H2,29,34). The van der Waals surface area contributed by atoms with Crippen LogP contribution in [0.15, 0.2) is 36.4 Å². The van der Waals surface area contributed by atoms with E-state index in [1.165, 1.54) is 20.3 Å². The highest BCUT2D eigenvalue weighted by Gasteiger charge is 2.19. The minimum atomic E-state index is -0.416. The van der Waals surface area contributed by atoms with E-state index < -0.39 is 5.91 Å². The summed E-state index contributed by atoms with van der Waals surface area (Å²) in [6.45, 7) is 6.87. The van der Waals surface area contributed by atoms with Crippen molar-refractivity contribution in [3.8, 4) is 22.4 Å². The van der Waals surface area contributed by atoms with Gasteiger partial charge in [0.05, 0.1) is 35.8 Å². The Labute approximate surface area is 236 Å². The zero-order valence-electron chi connectivity index (χ0n) is 20.3. The van der Waals surface area contributed by atoms with E-state index in [-0.39, 0.29) is 0 Å². The second-order valence-corrected chi connectivity index (χ2v) is 11.5. The van der Waals surface area contributed by atoms with Gasteiger partial charge in [-0.05, 0) is 62.9 Å². The summed E-state index contributed by atoms with van der Waals surface area (Å²) in [6, 6.07) is 12.3. The number of nitrogens with one attached hydrogen (secondary N) is 1. The van der Waals surface area contributed by atoms with Gasteiger partial charge >= 0.3 is 0 Å². The van der Waals surface area contributed by atoms with Gasteiger partial charge in [-0.15, -0.1) is 11.3 Å². The van der Waals surface area contributed by atoms with E-state index in [2.05, 4.69) is 61.7 Å². The summed E-state index contributed by atoms with van der Waals surface area (Å²) in [5, 5.41) is 8.46. The van der Waals surface area contributed by atoms with Gasteiger partial charge in [-0.25, -0.2) is 9.97 Å². The molecule has 5 rings (SSSR count). The molecule has 1 aliphatic rings. The highest BCUT2D eigenvalue weighted by molar-refractivity contribution is 14.2. The number of pyridine rings is 2. The maximum Gasteiger partial charge on any atom is 0.260 e. The molecule has 0 aliphatic carbocycles. The molecule has 10 heteroatoms. The lowest BCUT2D eigenvalue weighted by Crippen LogP contribution is -2.35. The molecule has 0 bridgehead atoms. The largest absolute Gasteiger partial charge is 0.383 e. The molecule has 7 nitrogen and oxygen atoms in total. The lowest BCUT2D eigenvalue weighted by molar-refractivity contribution is 0.0336. The van der Waals surface area contributed by atoms with Crippen molar-refractivity contribution in [3.05, 3.63) is 52.7 Å². The van der Waals surface area contributed by atoms with E-state index >= 15 is 0 Å². The van der Waals surface area contributed by atoms with Crippen molar-refractivity contribution in [2.75, 3.05) is 38.2 Å². The number of morpholine rings is 1. The Kier molecular flexibility index (Phi) is 8.46. The number of anilines is 1. The summed E-state index contributed by atoms with van der Waals surface area (Å²) in [5.41, 5.74) is 10.9. The molecule has 0 unspecified atom stereocenters. The maximum absolute atomic E-state index is 12.2. The van der Waals surface area contributed by atoms with Gasteiger partial charge in [0.2, 0.25) is 0 Å². The zero-order valence-corrected chi connectivity index (χ0v) is 24.1. The summed E-state index contributed by atoms with van der Waals surface area (Å²) >= 11 is 3.59. The molecule has 1 fully saturated rings. The van der Waals surface area contributed by atoms with Crippen LogP contribution in [0.1, 0.15) is 34.4 Å². The third-order valence-corrected chi connectivity index (χ3v) is 8.19. The number of halogens is 1. The normalized spacial score (nSPS) is 14.0. The van der Waals surface area contributed by atoms with Crippen molar-refractivity contribution >= 4 is 74.1 Å². The Morgan fingerprint density at radius 2 is 2.08 bits per heavy atom. The highest BCUT2D eigenvalue weighted by Crippen LogP contribution is 2.40. The van der Waals surface area contributed by atoms with Gasteiger partial charge in [-0.2, -0.15) is 0 Å². The van der Waals surface area contributed by atoms with E-state index in [1.54, 1.807) is 0 Å². The van der Waals surface area contributed by atoms with Crippen LogP contribution < -0.4 is 11.1 Å². The van der Waals surface area contributed by atoms with Crippen molar-refractivity contribution in [2.45, 2.75) is 19.9 Å². The number of ether oxygens (including phenoxy) is 1. The third-order valence-electron chi connectivity index (χ3n) is 6.18. The molecule has 3 aromatic heterocycles. The molecule has 0 radical (unpaired) electrons. The van der Waals surface area contributed by atoms with Crippen LogP contribution in [0.25, 0.3) is 32.2 Å². The number of fused-ring (bicyclic) bond motifs is 3. The van der Waals surface area contributed by atoms with Crippen molar-refractivity contribution < 1.29 is 9.53 Å². The average Bonchev–Trinajstić information content (AvgIpc) is 3.30. The van der Waals surface area contributed by atoms with Crippen molar-refractivity contribution in [2.24, 2.45) is 5.73 Å². The quantitative estimate of drug-likeness (QED) is 0.199. The number of thiophene rings is 1. The number of rotatable bonds is 7. The molecule has 0 atom stereocenters. The van der Waals surface area contributed by atoms with E-state index in [4.69, 9.17) is 20.4 Å². The van der Waals surface area contributed by atoms with Crippen LogP contribution in [0.4, 0.5) is 5.69 Å². The summed E-state index contributed by atoms with van der Waals surface area (Å²) in [4.78, 5) is 24.9. The van der Waals surface area contributed by atoms with Gasteiger partial charge in [-0.3, -0.25) is 9.69 Å². The summed E-state index contributed by atoms with van der Waals surface area (Å²) in [5.74, 6) is 2.74. The number of nitrogens with two attached hydrogens (primary N) is 1. The molecule has 0 saturated carbocycles. The minimum Gasteiger partial charge on any atom is -0.383 e. The molecule has 190 valence electrons. The van der Waals surface area contributed by atoms with Gasteiger partial charge in [0.15, 0.2) is 0 Å². The van der Waals surface area contributed by atoms with Gasteiger partial charge in [0, 0.05) is 68.4 Å². The van der Waals surface area contributed by atoms with Crippen molar-refractivity contribution in [1.29, 1.82) is 0 Å². The maximum atomic E-state index is 12.2. The monoisotopic (exact) mass is 643 g/mol. The molecule has 4 aromatic rings. The van der Waals surface area contributed by atoms with E-state index in [1.807, 2.05) is 24.3 Å². The Balaban J connectivity index is 1.59. The number of aromatic nitrogens is 2. The van der Waals surface area contributed by atoms with Crippen LogP contribution >= 0.6 is 41.5 Å². The first-order chi connectivity index (χ1) is 18.1. The number of benzene rings is 1. The Hall–Kier alpha value is -2.43. The second-order valence-electron chi connectivity index (χ2n) is 8.72. The first-order valence-electron chi connectivity index (χ1n) is 12.1. The Morgan fingerprint density at radius 1 is 1.24 bits per heavy atom. The first-order valence-corrected chi connectivity index (χ1v) is 16.2. The van der Waals surface area contributed by atoms with Crippen LogP contribution in [0, 0.1) is 11.2 Å². The number of carbonyl (C=O) groups is 1. The first kappa shape index (κ1) is 26.2. The predicted octanol–water partition coefficient (Wildman–Crippen LogP) is 5.66. The van der Waals surface area contributed by atoms with Crippen LogP contribution in [0.3, 0.4) is 0 Å². The zero-order chi connectivity index (χ0) is 25.8. The molecule has 4 heterocycles. The fourth-order valence-electron chi connectivity index (χ4n) is 4.50. The fraction of sp³-hybridized carbons (Fsp3) is 0.296. The molecule has 1 amide bonds. The molecule has 3 N–H and O–H groups in total. The molecule has 1 aromatic carbocycles. The lowest BCUT2D eigenvalue weighted by atomic mass is 10.1. The van der Waals surface area contributed by atoms with Gasteiger partial charge in [0.25, 0.3) is 5.91 Å². The average molecular weight is 644 g/mol. The molecule has 1 saturated heterocycles. The fourth-order valence-corrected chi connectivity index (χ4v) is 6.02. The molecular formula is C27H26IN5O2S2. The van der Waals surface area contributed by atoms with E-state index in [0.29, 0.717) is 4.88 Å². The minimum absolute atomic E-state index is 0.416. The summed E-state index contributed by atoms with van der Waals surface area (Å²) in [7, 11) is 1.44. The van der Waals surface area contributed by atoms with Crippen LogP contribution in [0.5, 0.6) is 0 Å². The molecule has 0 spiro atoms. The number of hydrogen-bond donors (Lipinski definition) is 2. The predicted molar refractivity (Wildman–Crippen MR) is 162 cm³/mol.